The fourth-order valence-electron chi connectivity index (χ4n) is 2.77. The van der Waals surface area contributed by atoms with E-state index < -0.39 is 5.97 Å². The van der Waals surface area contributed by atoms with Crippen molar-refractivity contribution in [1.29, 1.82) is 0 Å². The molecule has 2 atom stereocenters. The standard InChI is InChI=1S/C16H19N3O2S/c20-16(21)12-5-11(6-17-8-12)7-18-19-9-13-10-22-15-4-2-1-3-14(13)15/h1-4,9-12,17-18H,5-8H2,(H,20,21)/b19-9+/t11-,12+/m0/s1. The SMILES string of the molecule is O=C(O)[C@H]1CNC[C@@H](CN/N=C/c2csc3ccccc23)C1. The summed E-state index contributed by atoms with van der Waals surface area (Å²) in [5.41, 5.74) is 4.17. The number of aliphatic carboxylic acids is 1. The van der Waals surface area contributed by atoms with Gasteiger partial charge in [-0.05, 0) is 24.9 Å². The first kappa shape index (κ1) is 15.0. The summed E-state index contributed by atoms with van der Waals surface area (Å²) in [6.07, 6.45) is 2.54. The van der Waals surface area contributed by atoms with E-state index in [0.717, 1.165) is 12.1 Å². The van der Waals surface area contributed by atoms with Gasteiger partial charge < -0.3 is 15.8 Å². The largest absolute Gasteiger partial charge is 0.481 e. The Kier molecular flexibility index (Phi) is 4.70. The van der Waals surface area contributed by atoms with Crippen LogP contribution in [-0.2, 0) is 4.79 Å². The monoisotopic (exact) mass is 317 g/mol. The zero-order chi connectivity index (χ0) is 15.4. The van der Waals surface area contributed by atoms with Gasteiger partial charge in [0.15, 0.2) is 0 Å². The van der Waals surface area contributed by atoms with Gasteiger partial charge in [-0.1, -0.05) is 18.2 Å². The Balaban J connectivity index is 1.53. The van der Waals surface area contributed by atoms with Crippen LogP contribution in [0.3, 0.4) is 0 Å². The van der Waals surface area contributed by atoms with Crippen LogP contribution in [0.15, 0.2) is 34.7 Å². The average molecular weight is 317 g/mol. The van der Waals surface area contributed by atoms with Crippen molar-refractivity contribution < 1.29 is 9.90 Å². The summed E-state index contributed by atoms with van der Waals surface area (Å²) >= 11 is 1.71. The maximum atomic E-state index is 11.0. The van der Waals surface area contributed by atoms with Gasteiger partial charge in [0.2, 0.25) is 0 Å². The van der Waals surface area contributed by atoms with Gasteiger partial charge in [0.25, 0.3) is 0 Å². The second kappa shape index (κ2) is 6.89. The molecule has 3 rings (SSSR count). The van der Waals surface area contributed by atoms with Crippen LogP contribution < -0.4 is 10.7 Å². The number of nitrogens with one attached hydrogen (secondary N) is 2. The molecule has 0 spiro atoms. The van der Waals surface area contributed by atoms with E-state index in [9.17, 15) is 4.79 Å². The summed E-state index contributed by atoms with van der Waals surface area (Å²) in [7, 11) is 0. The number of carboxylic acids is 1. The second-order valence-electron chi connectivity index (χ2n) is 5.60. The van der Waals surface area contributed by atoms with E-state index in [4.69, 9.17) is 5.11 Å². The summed E-state index contributed by atoms with van der Waals surface area (Å²) in [4.78, 5) is 11.0. The van der Waals surface area contributed by atoms with Crippen LogP contribution in [0.2, 0.25) is 0 Å². The van der Waals surface area contributed by atoms with Crippen LogP contribution in [0.5, 0.6) is 0 Å². The number of hydrazone groups is 1. The number of carboxylic acid groups (broad SMARTS) is 1. The smallest absolute Gasteiger partial charge is 0.307 e. The predicted molar refractivity (Wildman–Crippen MR) is 89.5 cm³/mol. The van der Waals surface area contributed by atoms with Gasteiger partial charge in [0.1, 0.15) is 0 Å². The van der Waals surface area contributed by atoms with E-state index in [1.165, 1.54) is 10.1 Å². The Morgan fingerprint density at radius 3 is 3.18 bits per heavy atom. The Hall–Kier alpha value is -1.92. The molecule has 2 aromatic rings. The van der Waals surface area contributed by atoms with Crippen LogP contribution in [0.25, 0.3) is 10.1 Å². The molecular formula is C16H19N3O2S. The number of nitrogens with zero attached hydrogens (tertiary/aromatic N) is 1. The lowest BCUT2D eigenvalue weighted by molar-refractivity contribution is -0.142. The summed E-state index contributed by atoms with van der Waals surface area (Å²) < 4.78 is 1.25. The average Bonchev–Trinajstić information content (AvgIpc) is 2.95. The summed E-state index contributed by atoms with van der Waals surface area (Å²) in [5, 5.41) is 19.8. The quantitative estimate of drug-likeness (QED) is 0.583. The lowest BCUT2D eigenvalue weighted by atomic mass is 9.91. The van der Waals surface area contributed by atoms with E-state index in [-0.39, 0.29) is 5.92 Å². The highest BCUT2D eigenvalue weighted by Crippen LogP contribution is 2.24. The van der Waals surface area contributed by atoms with E-state index in [1.807, 2.05) is 18.3 Å². The molecule has 0 unspecified atom stereocenters. The van der Waals surface area contributed by atoms with Crippen molar-refractivity contribution in [3.8, 4) is 0 Å². The maximum Gasteiger partial charge on any atom is 0.307 e. The van der Waals surface area contributed by atoms with Crippen molar-refractivity contribution >= 4 is 33.6 Å². The van der Waals surface area contributed by atoms with Crippen molar-refractivity contribution in [1.82, 2.24) is 10.7 Å². The van der Waals surface area contributed by atoms with Crippen molar-refractivity contribution in [3.63, 3.8) is 0 Å². The molecule has 0 bridgehead atoms. The number of hydrogen-bond acceptors (Lipinski definition) is 5. The van der Waals surface area contributed by atoms with Crippen molar-refractivity contribution in [2.24, 2.45) is 16.9 Å². The number of rotatable bonds is 5. The number of fused-ring (bicyclic) bond motifs is 1. The highest BCUT2D eigenvalue weighted by Gasteiger charge is 2.26. The maximum absolute atomic E-state index is 11.0. The summed E-state index contributed by atoms with van der Waals surface area (Å²) in [6, 6.07) is 8.26. The fraction of sp³-hybridized carbons (Fsp3) is 0.375. The van der Waals surface area contributed by atoms with Crippen LogP contribution >= 0.6 is 11.3 Å². The minimum atomic E-state index is -0.717. The first-order valence-electron chi connectivity index (χ1n) is 7.39. The fourth-order valence-corrected chi connectivity index (χ4v) is 3.68. The number of carbonyl (C=O) groups is 1. The van der Waals surface area contributed by atoms with Gasteiger partial charge in [0, 0.05) is 34.1 Å². The molecule has 1 aliphatic rings. The molecule has 3 N–H and O–H groups in total. The van der Waals surface area contributed by atoms with Gasteiger partial charge in [0.05, 0.1) is 12.1 Å². The third-order valence-corrected chi connectivity index (χ3v) is 4.96. The molecule has 116 valence electrons. The Bertz CT molecular complexity index is 683. The third kappa shape index (κ3) is 3.45. The normalized spacial score (nSPS) is 22.2. The summed E-state index contributed by atoms with van der Waals surface area (Å²) in [6.45, 7) is 2.10. The van der Waals surface area contributed by atoms with Crippen LogP contribution in [-0.4, -0.2) is 36.9 Å². The molecule has 0 radical (unpaired) electrons. The lowest BCUT2D eigenvalue weighted by Gasteiger charge is -2.27. The van der Waals surface area contributed by atoms with Crippen molar-refractivity contribution in [2.45, 2.75) is 6.42 Å². The predicted octanol–water partition coefficient (Wildman–Crippen LogP) is 2.14. The molecule has 2 heterocycles. The molecule has 0 saturated carbocycles. The lowest BCUT2D eigenvalue weighted by Crippen LogP contribution is -2.42. The molecule has 22 heavy (non-hydrogen) atoms. The summed E-state index contributed by atoms with van der Waals surface area (Å²) in [5.74, 6) is -0.706. The highest BCUT2D eigenvalue weighted by molar-refractivity contribution is 7.17. The first-order chi connectivity index (χ1) is 10.7. The molecule has 1 aliphatic heterocycles. The Morgan fingerprint density at radius 2 is 2.32 bits per heavy atom. The van der Waals surface area contributed by atoms with Gasteiger partial charge in [-0.15, -0.1) is 11.3 Å². The second-order valence-corrected chi connectivity index (χ2v) is 6.51. The molecule has 5 nitrogen and oxygen atoms in total. The Morgan fingerprint density at radius 1 is 1.45 bits per heavy atom. The van der Waals surface area contributed by atoms with E-state index >= 15 is 0 Å². The number of thiophene rings is 1. The third-order valence-electron chi connectivity index (χ3n) is 3.98. The number of piperidine rings is 1. The van der Waals surface area contributed by atoms with Crippen LogP contribution in [0, 0.1) is 11.8 Å². The van der Waals surface area contributed by atoms with Crippen LogP contribution in [0.4, 0.5) is 0 Å². The molecule has 1 fully saturated rings. The van der Waals surface area contributed by atoms with Crippen molar-refractivity contribution in [3.05, 3.63) is 35.2 Å². The van der Waals surface area contributed by atoms with E-state index in [2.05, 4.69) is 33.4 Å². The van der Waals surface area contributed by atoms with Crippen LogP contribution in [0.1, 0.15) is 12.0 Å². The number of hydrogen-bond donors (Lipinski definition) is 3. The van der Waals surface area contributed by atoms with Gasteiger partial charge in [-0.25, -0.2) is 0 Å². The Labute approximate surface area is 133 Å². The van der Waals surface area contributed by atoms with E-state index in [1.54, 1.807) is 11.3 Å². The minimum Gasteiger partial charge on any atom is -0.481 e. The zero-order valence-corrected chi connectivity index (χ0v) is 13.0. The van der Waals surface area contributed by atoms with Gasteiger partial charge >= 0.3 is 5.97 Å². The van der Waals surface area contributed by atoms with Gasteiger partial charge in [-0.2, -0.15) is 5.10 Å². The number of benzene rings is 1. The van der Waals surface area contributed by atoms with Crippen molar-refractivity contribution in [2.75, 3.05) is 19.6 Å². The minimum absolute atomic E-state index is 0.287. The molecular weight excluding hydrogens is 298 g/mol. The van der Waals surface area contributed by atoms with E-state index in [0.29, 0.717) is 25.4 Å². The molecule has 0 amide bonds. The molecule has 1 saturated heterocycles. The highest BCUT2D eigenvalue weighted by atomic mass is 32.1. The zero-order valence-electron chi connectivity index (χ0n) is 12.2. The van der Waals surface area contributed by atoms with Gasteiger partial charge in [-0.3, -0.25) is 4.79 Å². The molecule has 1 aromatic carbocycles. The molecule has 6 heteroatoms. The molecule has 0 aliphatic carbocycles. The topological polar surface area (TPSA) is 73.7 Å². The first-order valence-corrected chi connectivity index (χ1v) is 8.27. The molecule has 1 aromatic heterocycles.